The highest BCUT2D eigenvalue weighted by Gasteiger charge is 2.32. The Morgan fingerprint density at radius 1 is 1.13 bits per heavy atom. The lowest BCUT2D eigenvalue weighted by molar-refractivity contribution is -0.131. The van der Waals surface area contributed by atoms with Crippen LogP contribution in [0.25, 0.3) is 0 Å². The molecule has 2 atom stereocenters. The van der Waals surface area contributed by atoms with Gasteiger partial charge >= 0.3 is 0 Å². The van der Waals surface area contributed by atoms with Gasteiger partial charge in [-0.1, -0.05) is 18.9 Å². The molecule has 172 valence electrons. The lowest BCUT2D eigenvalue weighted by Gasteiger charge is -2.40. The third-order valence-corrected chi connectivity index (χ3v) is 6.57. The summed E-state index contributed by atoms with van der Waals surface area (Å²) in [4.78, 5) is 30.5. The van der Waals surface area contributed by atoms with Gasteiger partial charge in [-0.2, -0.15) is 0 Å². The highest BCUT2D eigenvalue weighted by Crippen LogP contribution is 2.31. The molecule has 2 aliphatic rings. The SMILES string of the molecule is CC(=O)N(C[C@H]1CCCC[C@@H]1N(C)C(C)=O)c1cccc(OCCN2CCOCC2)c1. The van der Waals surface area contributed by atoms with Crippen LogP contribution in [0.4, 0.5) is 5.69 Å². The molecule has 1 aromatic carbocycles. The summed E-state index contributed by atoms with van der Waals surface area (Å²) in [5, 5.41) is 0. The van der Waals surface area contributed by atoms with Crippen molar-refractivity contribution in [2.45, 2.75) is 45.6 Å². The third kappa shape index (κ3) is 6.68. The first-order valence-corrected chi connectivity index (χ1v) is 11.5. The number of rotatable bonds is 8. The fraction of sp³-hybridized carbons (Fsp3) is 0.667. The first-order valence-electron chi connectivity index (χ1n) is 11.5. The van der Waals surface area contributed by atoms with Gasteiger partial charge in [0.15, 0.2) is 0 Å². The molecule has 0 bridgehead atoms. The van der Waals surface area contributed by atoms with Crippen LogP contribution < -0.4 is 9.64 Å². The van der Waals surface area contributed by atoms with Gasteiger partial charge in [0.05, 0.1) is 13.2 Å². The van der Waals surface area contributed by atoms with Gasteiger partial charge in [-0.15, -0.1) is 0 Å². The van der Waals surface area contributed by atoms with Crippen molar-refractivity contribution in [2.75, 3.05) is 57.9 Å². The van der Waals surface area contributed by atoms with E-state index in [0.717, 1.165) is 70.0 Å². The van der Waals surface area contributed by atoms with Gasteiger partial charge < -0.3 is 19.3 Å². The smallest absolute Gasteiger partial charge is 0.223 e. The van der Waals surface area contributed by atoms with E-state index in [4.69, 9.17) is 9.47 Å². The Morgan fingerprint density at radius 2 is 1.87 bits per heavy atom. The minimum Gasteiger partial charge on any atom is -0.492 e. The average Bonchev–Trinajstić information content (AvgIpc) is 2.78. The molecule has 1 heterocycles. The molecule has 0 unspecified atom stereocenters. The summed E-state index contributed by atoms with van der Waals surface area (Å²) in [6, 6.07) is 7.97. The van der Waals surface area contributed by atoms with Gasteiger partial charge in [0.1, 0.15) is 12.4 Å². The van der Waals surface area contributed by atoms with E-state index < -0.39 is 0 Å². The zero-order valence-electron chi connectivity index (χ0n) is 19.2. The molecular weight excluding hydrogens is 394 g/mol. The first-order chi connectivity index (χ1) is 15.0. The van der Waals surface area contributed by atoms with E-state index in [1.807, 2.05) is 41.1 Å². The number of morpholine rings is 1. The van der Waals surface area contributed by atoms with Crippen LogP contribution in [-0.2, 0) is 14.3 Å². The Hall–Kier alpha value is -2.12. The molecule has 1 saturated heterocycles. The van der Waals surface area contributed by atoms with E-state index in [9.17, 15) is 9.59 Å². The summed E-state index contributed by atoms with van der Waals surface area (Å²) in [7, 11) is 1.88. The van der Waals surface area contributed by atoms with Crippen LogP contribution >= 0.6 is 0 Å². The van der Waals surface area contributed by atoms with Gasteiger partial charge in [-0.05, 0) is 30.9 Å². The molecular formula is C24H37N3O4. The molecule has 31 heavy (non-hydrogen) atoms. The summed E-state index contributed by atoms with van der Waals surface area (Å²) >= 11 is 0. The number of nitrogens with zero attached hydrogens (tertiary/aromatic N) is 3. The average molecular weight is 432 g/mol. The van der Waals surface area contributed by atoms with Crippen molar-refractivity contribution in [2.24, 2.45) is 5.92 Å². The van der Waals surface area contributed by atoms with E-state index in [1.54, 1.807) is 13.8 Å². The number of ether oxygens (including phenoxy) is 2. The summed E-state index contributed by atoms with van der Waals surface area (Å²) in [6.45, 7) is 8.77. The van der Waals surface area contributed by atoms with Crippen LogP contribution in [-0.4, -0.2) is 80.7 Å². The van der Waals surface area contributed by atoms with E-state index in [-0.39, 0.29) is 23.8 Å². The molecule has 7 nitrogen and oxygen atoms in total. The number of amides is 2. The van der Waals surface area contributed by atoms with Crippen molar-refractivity contribution in [1.82, 2.24) is 9.80 Å². The summed E-state index contributed by atoms with van der Waals surface area (Å²) in [6.07, 6.45) is 4.30. The van der Waals surface area contributed by atoms with E-state index >= 15 is 0 Å². The van der Waals surface area contributed by atoms with Crippen LogP contribution in [0.15, 0.2) is 24.3 Å². The minimum absolute atomic E-state index is 0.0141. The van der Waals surface area contributed by atoms with Crippen molar-refractivity contribution in [1.29, 1.82) is 0 Å². The Labute approximate surface area is 186 Å². The zero-order valence-corrected chi connectivity index (χ0v) is 19.2. The van der Waals surface area contributed by atoms with Crippen molar-refractivity contribution < 1.29 is 19.1 Å². The van der Waals surface area contributed by atoms with Gasteiger partial charge in [-0.25, -0.2) is 0 Å². The normalized spacial score (nSPS) is 22.0. The molecule has 7 heteroatoms. The molecule has 0 aromatic heterocycles. The van der Waals surface area contributed by atoms with Crippen molar-refractivity contribution in [3.05, 3.63) is 24.3 Å². The largest absolute Gasteiger partial charge is 0.492 e. The van der Waals surface area contributed by atoms with Crippen LogP contribution in [0, 0.1) is 5.92 Å². The molecule has 1 aliphatic carbocycles. The highest BCUT2D eigenvalue weighted by atomic mass is 16.5. The number of carbonyl (C=O) groups excluding carboxylic acids is 2. The van der Waals surface area contributed by atoms with Gasteiger partial charge in [0.2, 0.25) is 11.8 Å². The fourth-order valence-corrected chi connectivity index (χ4v) is 4.65. The zero-order chi connectivity index (χ0) is 22.2. The van der Waals surface area contributed by atoms with Crippen molar-refractivity contribution in [3.63, 3.8) is 0 Å². The number of carbonyl (C=O) groups is 2. The maximum absolute atomic E-state index is 12.5. The maximum atomic E-state index is 12.5. The third-order valence-electron chi connectivity index (χ3n) is 6.57. The highest BCUT2D eigenvalue weighted by molar-refractivity contribution is 5.91. The molecule has 2 fully saturated rings. The van der Waals surface area contributed by atoms with Gasteiger partial charge in [0.25, 0.3) is 0 Å². The Balaban J connectivity index is 1.64. The lowest BCUT2D eigenvalue weighted by atomic mass is 9.83. The van der Waals surface area contributed by atoms with Crippen LogP contribution in [0.3, 0.4) is 0 Å². The molecule has 0 radical (unpaired) electrons. The Bertz CT molecular complexity index is 735. The van der Waals surface area contributed by atoms with Crippen LogP contribution in [0.5, 0.6) is 5.75 Å². The fourth-order valence-electron chi connectivity index (χ4n) is 4.65. The van der Waals surface area contributed by atoms with Gasteiger partial charge in [0, 0.05) is 64.9 Å². The molecule has 3 rings (SSSR count). The van der Waals surface area contributed by atoms with E-state index in [1.165, 1.54) is 0 Å². The Kier molecular flexibility index (Phi) is 8.72. The molecule has 1 aromatic rings. The second kappa shape index (κ2) is 11.5. The van der Waals surface area contributed by atoms with E-state index in [0.29, 0.717) is 13.2 Å². The molecule has 1 aliphatic heterocycles. The predicted octanol–water partition coefficient (Wildman–Crippen LogP) is 2.79. The molecule has 0 spiro atoms. The summed E-state index contributed by atoms with van der Waals surface area (Å²) in [5.41, 5.74) is 0.853. The molecule has 2 amide bonds. The van der Waals surface area contributed by atoms with Crippen LogP contribution in [0.1, 0.15) is 39.5 Å². The van der Waals surface area contributed by atoms with E-state index in [2.05, 4.69) is 4.90 Å². The number of anilines is 1. The Morgan fingerprint density at radius 3 is 2.58 bits per heavy atom. The predicted molar refractivity (Wildman–Crippen MR) is 121 cm³/mol. The lowest BCUT2D eigenvalue weighted by Crippen LogP contribution is -2.47. The number of hydrogen-bond donors (Lipinski definition) is 0. The number of benzene rings is 1. The topological polar surface area (TPSA) is 62.3 Å². The van der Waals surface area contributed by atoms with Crippen molar-refractivity contribution >= 4 is 17.5 Å². The quantitative estimate of drug-likeness (QED) is 0.633. The summed E-state index contributed by atoms with van der Waals surface area (Å²) in [5.74, 6) is 1.15. The number of hydrogen-bond acceptors (Lipinski definition) is 5. The maximum Gasteiger partial charge on any atom is 0.223 e. The van der Waals surface area contributed by atoms with Gasteiger partial charge in [-0.3, -0.25) is 14.5 Å². The molecule has 1 saturated carbocycles. The first kappa shape index (κ1) is 23.5. The van der Waals surface area contributed by atoms with Crippen LogP contribution in [0.2, 0.25) is 0 Å². The molecule has 0 N–H and O–H groups in total. The second-order valence-electron chi connectivity index (χ2n) is 8.67. The second-order valence-corrected chi connectivity index (χ2v) is 8.67. The standard InChI is InChI=1S/C24H37N3O4/c1-19(28)25(3)24-10-5-4-7-21(24)18-27(20(2)29)22-8-6-9-23(17-22)31-16-13-26-11-14-30-15-12-26/h6,8-9,17,21,24H,4-5,7,10-16,18H2,1-3H3/t21-,24+/m1/s1. The monoisotopic (exact) mass is 431 g/mol. The summed E-state index contributed by atoms with van der Waals surface area (Å²) < 4.78 is 11.4. The van der Waals surface area contributed by atoms with Crippen molar-refractivity contribution in [3.8, 4) is 5.75 Å². The minimum atomic E-state index is 0.0141.